The summed E-state index contributed by atoms with van der Waals surface area (Å²) >= 11 is 6.18. The molecule has 0 aliphatic heterocycles. The standard InChI is InChI=1S/C7H19ClN2Si/c1-5-7(8,11)9-6(2)10(3)4/h6,9H,5H2,1-4,11H3. The van der Waals surface area contributed by atoms with Crippen molar-refractivity contribution in [1.29, 1.82) is 0 Å². The maximum Gasteiger partial charge on any atom is 0.0733 e. The van der Waals surface area contributed by atoms with E-state index in [0.29, 0.717) is 6.17 Å². The zero-order valence-electron chi connectivity index (χ0n) is 8.11. The summed E-state index contributed by atoms with van der Waals surface area (Å²) in [5.41, 5.74) is 0. The maximum atomic E-state index is 6.18. The number of nitrogens with one attached hydrogen (secondary N) is 1. The third-order valence-corrected chi connectivity index (χ3v) is 3.32. The summed E-state index contributed by atoms with van der Waals surface area (Å²) < 4.78 is -0.135. The number of alkyl halides is 1. The minimum Gasteiger partial charge on any atom is -0.294 e. The lowest BCUT2D eigenvalue weighted by atomic mass is 10.4. The molecule has 68 valence electrons. The Labute approximate surface area is 77.7 Å². The highest BCUT2D eigenvalue weighted by atomic mass is 35.5. The zero-order chi connectivity index (χ0) is 9.07. The first-order valence-corrected chi connectivity index (χ1v) is 5.40. The summed E-state index contributed by atoms with van der Waals surface area (Å²) in [6.07, 6.45) is 1.34. The van der Waals surface area contributed by atoms with Gasteiger partial charge in [0.1, 0.15) is 0 Å². The lowest BCUT2D eigenvalue weighted by molar-refractivity contribution is 0.249. The van der Waals surface area contributed by atoms with Crippen molar-refractivity contribution >= 4 is 21.8 Å². The average Bonchev–Trinajstić information content (AvgIpc) is 1.87. The normalized spacial score (nSPS) is 20.2. The van der Waals surface area contributed by atoms with Gasteiger partial charge in [-0.1, -0.05) is 6.92 Å². The van der Waals surface area contributed by atoms with Crippen LogP contribution in [0.15, 0.2) is 0 Å². The van der Waals surface area contributed by atoms with Crippen molar-refractivity contribution < 1.29 is 0 Å². The van der Waals surface area contributed by atoms with Crippen LogP contribution in [0.1, 0.15) is 20.3 Å². The number of rotatable bonds is 4. The van der Waals surface area contributed by atoms with Gasteiger partial charge < -0.3 is 0 Å². The summed E-state index contributed by atoms with van der Waals surface area (Å²) in [4.78, 5) is 2.12. The molecule has 0 aromatic carbocycles. The van der Waals surface area contributed by atoms with E-state index in [9.17, 15) is 0 Å². The molecule has 0 saturated carbocycles. The smallest absolute Gasteiger partial charge is 0.0733 e. The van der Waals surface area contributed by atoms with Crippen LogP contribution in [0.5, 0.6) is 0 Å². The molecular formula is C7H19ClN2Si. The monoisotopic (exact) mass is 194 g/mol. The molecule has 0 spiro atoms. The molecule has 0 fully saturated rings. The van der Waals surface area contributed by atoms with E-state index < -0.39 is 0 Å². The van der Waals surface area contributed by atoms with Gasteiger partial charge in [-0.05, 0) is 27.4 Å². The molecule has 0 aromatic rings. The van der Waals surface area contributed by atoms with Crippen LogP contribution in [0.25, 0.3) is 0 Å². The topological polar surface area (TPSA) is 15.3 Å². The van der Waals surface area contributed by atoms with Crippen LogP contribution >= 0.6 is 11.6 Å². The second-order valence-corrected chi connectivity index (χ2v) is 6.51. The molecule has 2 atom stereocenters. The van der Waals surface area contributed by atoms with Gasteiger partial charge in [0, 0.05) is 10.2 Å². The molecule has 0 amide bonds. The number of nitrogens with zero attached hydrogens (tertiary/aromatic N) is 1. The van der Waals surface area contributed by atoms with Crippen molar-refractivity contribution in [1.82, 2.24) is 10.2 Å². The molecule has 0 bridgehead atoms. The average molecular weight is 195 g/mol. The molecule has 0 aromatic heterocycles. The molecule has 0 rings (SSSR count). The van der Waals surface area contributed by atoms with E-state index in [-0.39, 0.29) is 4.62 Å². The highest BCUT2D eigenvalue weighted by Gasteiger charge is 2.20. The molecule has 2 unspecified atom stereocenters. The Morgan fingerprint density at radius 2 is 2.09 bits per heavy atom. The largest absolute Gasteiger partial charge is 0.294 e. The number of halogens is 1. The highest BCUT2D eigenvalue weighted by molar-refractivity contribution is 6.44. The second-order valence-electron chi connectivity index (χ2n) is 3.33. The van der Waals surface area contributed by atoms with Gasteiger partial charge in [0.25, 0.3) is 0 Å². The fraction of sp³-hybridized carbons (Fsp3) is 1.00. The van der Waals surface area contributed by atoms with E-state index in [0.717, 1.165) is 16.7 Å². The molecule has 0 aliphatic rings. The van der Waals surface area contributed by atoms with Crippen molar-refractivity contribution in [3.8, 4) is 0 Å². The Kier molecular flexibility index (Phi) is 4.62. The first-order valence-electron chi connectivity index (χ1n) is 4.02. The zero-order valence-corrected chi connectivity index (χ0v) is 10.9. The molecule has 11 heavy (non-hydrogen) atoms. The molecule has 2 nitrogen and oxygen atoms in total. The predicted molar refractivity (Wildman–Crippen MR) is 55.1 cm³/mol. The summed E-state index contributed by atoms with van der Waals surface area (Å²) in [6.45, 7) is 4.22. The first-order chi connectivity index (χ1) is 4.89. The van der Waals surface area contributed by atoms with Crippen LogP contribution in [0.4, 0.5) is 0 Å². The van der Waals surface area contributed by atoms with E-state index in [1.807, 2.05) is 14.1 Å². The van der Waals surface area contributed by atoms with E-state index in [2.05, 4.69) is 24.1 Å². The van der Waals surface area contributed by atoms with Gasteiger partial charge in [0.05, 0.1) is 10.8 Å². The fourth-order valence-corrected chi connectivity index (χ4v) is 1.24. The summed E-state index contributed by atoms with van der Waals surface area (Å²) in [7, 11) is 5.06. The summed E-state index contributed by atoms with van der Waals surface area (Å²) in [5.74, 6) is 0. The van der Waals surface area contributed by atoms with Crippen molar-refractivity contribution in [3.05, 3.63) is 0 Å². The lowest BCUT2D eigenvalue weighted by Crippen LogP contribution is -2.50. The second kappa shape index (κ2) is 4.45. The van der Waals surface area contributed by atoms with E-state index >= 15 is 0 Å². The van der Waals surface area contributed by atoms with Crippen LogP contribution in [-0.4, -0.2) is 40.0 Å². The third-order valence-electron chi connectivity index (χ3n) is 1.95. The molecule has 4 heteroatoms. The van der Waals surface area contributed by atoms with E-state index in [4.69, 9.17) is 11.6 Å². The van der Waals surface area contributed by atoms with Crippen LogP contribution < -0.4 is 5.32 Å². The Hall–Kier alpha value is 0.427. The van der Waals surface area contributed by atoms with E-state index in [1.165, 1.54) is 0 Å². The molecule has 0 heterocycles. The van der Waals surface area contributed by atoms with Gasteiger partial charge in [-0.15, -0.1) is 11.6 Å². The summed E-state index contributed by atoms with van der Waals surface area (Å²) in [6, 6.07) is 0. The predicted octanol–water partition coefficient (Wildman–Crippen LogP) is 0.152. The first kappa shape index (κ1) is 11.4. The van der Waals surface area contributed by atoms with Crippen molar-refractivity contribution in [3.63, 3.8) is 0 Å². The van der Waals surface area contributed by atoms with Crippen molar-refractivity contribution in [2.75, 3.05) is 14.1 Å². The number of hydrogen-bond acceptors (Lipinski definition) is 2. The van der Waals surface area contributed by atoms with Crippen LogP contribution in [0.2, 0.25) is 0 Å². The van der Waals surface area contributed by atoms with Gasteiger partial charge in [-0.2, -0.15) is 0 Å². The van der Waals surface area contributed by atoms with Crippen LogP contribution in [0, 0.1) is 0 Å². The molecular weight excluding hydrogens is 176 g/mol. The van der Waals surface area contributed by atoms with Crippen molar-refractivity contribution in [2.24, 2.45) is 0 Å². The van der Waals surface area contributed by atoms with Gasteiger partial charge in [-0.25, -0.2) is 0 Å². The van der Waals surface area contributed by atoms with Gasteiger partial charge >= 0.3 is 0 Å². The van der Waals surface area contributed by atoms with Crippen LogP contribution in [0.3, 0.4) is 0 Å². The lowest BCUT2D eigenvalue weighted by Gasteiger charge is -2.30. The van der Waals surface area contributed by atoms with Crippen LogP contribution in [-0.2, 0) is 0 Å². The fourth-order valence-electron chi connectivity index (χ4n) is 0.667. The SMILES string of the molecule is CCC([SiH3])(Cl)NC(C)N(C)C. The number of hydrogen-bond donors (Lipinski definition) is 1. The Morgan fingerprint density at radius 1 is 1.64 bits per heavy atom. The van der Waals surface area contributed by atoms with Gasteiger partial charge in [-0.3, -0.25) is 10.2 Å². The maximum absolute atomic E-state index is 6.18. The Bertz CT molecular complexity index is 117. The van der Waals surface area contributed by atoms with Gasteiger partial charge in [0.2, 0.25) is 0 Å². The van der Waals surface area contributed by atoms with Gasteiger partial charge in [0.15, 0.2) is 0 Å². The molecule has 0 saturated heterocycles. The Morgan fingerprint density at radius 3 is 2.36 bits per heavy atom. The summed E-state index contributed by atoms with van der Waals surface area (Å²) in [5, 5.41) is 3.36. The quantitative estimate of drug-likeness (QED) is 0.297. The van der Waals surface area contributed by atoms with E-state index in [1.54, 1.807) is 0 Å². The molecule has 0 aliphatic carbocycles. The Balaban J connectivity index is 3.83. The molecule has 0 radical (unpaired) electrons. The minimum atomic E-state index is -0.135. The highest BCUT2D eigenvalue weighted by Crippen LogP contribution is 2.11. The molecule has 1 N–H and O–H groups in total. The third kappa shape index (κ3) is 4.79. The minimum absolute atomic E-state index is 0.135. The van der Waals surface area contributed by atoms with Crippen molar-refractivity contribution in [2.45, 2.75) is 31.1 Å².